The minimum absolute atomic E-state index is 0.798. The fourth-order valence-corrected chi connectivity index (χ4v) is 2.91. The molecule has 0 amide bonds. The largest absolute Gasteiger partial charge is 0.457 e. The average Bonchev–Trinajstić information content (AvgIpc) is 3.09. The number of hydrogen-bond acceptors (Lipinski definition) is 3. The van der Waals surface area contributed by atoms with E-state index in [-0.39, 0.29) is 0 Å². The molecule has 0 saturated carbocycles. The maximum absolute atomic E-state index is 5.89. The number of rotatable bonds is 7. The third kappa shape index (κ3) is 4.10. The standard InChI is InChI=1S/C22H21N3O/c1-2-8-18(9-3-1)26-19-10-6-7-17(15-19)16-23-14-13-22-24-20-11-4-5-12-21(20)25-22/h1-12,15,23H,13-14,16H2,(H,24,25). The molecular formula is C22H21N3O. The van der Waals surface area contributed by atoms with E-state index in [9.17, 15) is 0 Å². The lowest BCUT2D eigenvalue weighted by Crippen LogP contribution is -2.17. The van der Waals surface area contributed by atoms with Crippen LogP contribution in [0.5, 0.6) is 11.5 Å². The van der Waals surface area contributed by atoms with Gasteiger partial charge >= 0.3 is 0 Å². The summed E-state index contributed by atoms with van der Waals surface area (Å²) in [4.78, 5) is 7.96. The fourth-order valence-electron chi connectivity index (χ4n) is 2.91. The highest BCUT2D eigenvalue weighted by Crippen LogP contribution is 2.21. The molecule has 0 fully saturated rings. The molecule has 0 unspecified atom stereocenters. The lowest BCUT2D eigenvalue weighted by molar-refractivity contribution is 0.481. The molecule has 130 valence electrons. The topological polar surface area (TPSA) is 49.9 Å². The normalized spacial score (nSPS) is 10.9. The Morgan fingerprint density at radius 3 is 2.54 bits per heavy atom. The second kappa shape index (κ2) is 7.85. The summed E-state index contributed by atoms with van der Waals surface area (Å²) in [6.07, 6.45) is 0.870. The van der Waals surface area contributed by atoms with E-state index in [0.29, 0.717) is 0 Å². The highest BCUT2D eigenvalue weighted by molar-refractivity contribution is 5.74. The van der Waals surface area contributed by atoms with Crippen LogP contribution in [0.15, 0.2) is 78.9 Å². The number of nitrogens with zero attached hydrogens (tertiary/aromatic N) is 1. The molecule has 0 radical (unpaired) electrons. The molecule has 0 aliphatic heterocycles. The number of H-pyrrole nitrogens is 1. The van der Waals surface area contributed by atoms with Gasteiger partial charge in [-0.1, -0.05) is 42.5 Å². The van der Waals surface area contributed by atoms with E-state index in [0.717, 1.165) is 47.9 Å². The maximum Gasteiger partial charge on any atom is 0.127 e. The first-order valence-corrected chi connectivity index (χ1v) is 8.83. The average molecular weight is 343 g/mol. The molecular weight excluding hydrogens is 322 g/mol. The molecule has 0 spiro atoms. The molecule has 4 nitrogen and oxygen atoms in total. The molecule has 4 aromatic rings. The Bertz CT molecular complexity index is 946. The fraction of sp³-hybridized carbons (Fsp3) is 0.136. The van der Waals surface area contributed by atoms with E-state index in [4.69, 9.17) is 4.74 Å². The van der Waals surface area contributed by atoms with Gasteiger partial charge in [0.25, 0.3) is 0 Å². The number of imidazole rings is 1. The van der Waals surface area contributed by atoms with Gasteiger partial charge in [-0.25, -0.2) is 4.98 Å². The van der Waals surface area contributed by atoms with Crippen molar-refractivity contribution in [2.75, 3.05) is 6.54 Å². The van der Waals surface area contributed by atoms with Gasteiger partial charge in [0, 0.05) is 19.5 Å². The van der Waals surface area contributed by atoms with Crippen LogP contribution in [0.4, 0.5) is 0 Å². The van der Waals surface area contributed by atoms with Crippen molar-refractivity contribution < 1.29 is 4.74 Å². The second-order valence-corrected chi connectivity index (χ2v) is 6.19. The van der Waals surface area contributed by atoms with Crippen LogP contribution in [0.2, 0.25) is 0 Å². The number of aromatic nitrogens is 2. The molecule has 0 aliphatic carbocycles. The highest BCUT2D eigenvalue weighted by atomic mass is 16.5. The van der Waals surface area contributed by atoms with Crippen LogP contribution in [0.3, 0.4) is 0 Å². The van der Waals surface area contributed by atoms with Gasteiger partial charge in [0.05, 0.1) is 11.0 Å². The van der Waals surface area contributed by atoms with Crippen molar-refractivity contribution in [3.63, 3.8) is 0 Å². The van der Waals surface area contributed by atoms with Gasteiger partial charge in [0.1, 0.15) is 17.3 Å². The number of para-hydroxylation sites is 3. The summed E-state index contributed by atoms with van der Waals surface area (Å²) in [7, 11) is 0. The highest BCUT2D eigenvalue weighted by Gasteiger charge is 2.02. The maximum atomic E-state index is 5.89. The zero-order chi connectivity index (χ0) is 17.6. The summed E-state index contributed by atoms with van der Waals surface area (Å²) in [5.41, 5.74) is 3.31. The lowest BCUT2D eigenvalue weighted by atomic mass is 10.2. The molecule has 26 heavy (non-hydrogen) atoms. The molecule has 4 heteroatoms. The van der Waals surface area contributed by atoms with Crippen LogP contribution in [0, 0.1) is 0 Å². The summed E-state index contributed by atoms with van der Waals surface area (Å²) in [6.45, 7) is 1.66. The Morgan fingerprint density at radius 1 is 0.846 bits per heavy atom. The summed E-state index contributed by atoms with van der Waals surface area (Å²) >= 11 is 0. The minimum Gasteiger partial charge on any atom is -0.457 e. The van der Waals surface area contributed by atoms with Gasteiger partial charge in [-0.2, -0.15) is 0 Å². The zero-order valence-corrected chi connectivity index (χ0v) is 14.5. The Balaban J connectivity index is 1.30. The molecule has 2 N–H and O–H groups in total. The molecule has 0 bridgehead atoms. The van der Waals surface area contributed by atoms with Crippen molar-refractivity contribution in [3.8, 4) is 11.5 Å². The van der Waals surface area contributed by atoms with Crippen LogP contribution in [-0.2, 0) is 13.0 Å². The predicted octanol–water partition coefficient (Wildman–Crippen LogP) is 4.69. The zero-order valence-electron chi connectivity index (χ0n) is 14.5. The monoisotopic (exact) mass is 343 g/mol. The molecule has 3 aromatic carbocycles. The summed E-state index contributed by atoms with van der Waals surface area (Å²) in [5.74, 6) is 2.72. The summed E-state index contributed by atoms with van der Waals surface area (Å²) < 4.78 is 5.89. The number of nitrogens with one attached hydrogen (secondary N) is 2. The third-order valence-electron chi connectivity index (χ3n) is 4.18. The van der Waals surface area contributed by atoms with Gasteiger partial charge in [0.2, 0.25) is 0 Å². The van der Waals surface area contributed by atoms with E-state index < -0.39 is 0 Å². The van der Waals surface area contributed by atoms with Crippen LogP contribution in [0.25, 0.3) is 11.0 Å². The first kappa shape index (κ1) is 16.4. The van der Waals surface area contributed by atoms with Crippen molar-refractivity contribution in [3.05, 3.63) is 90.3 Å². The SMILES string of the molecule is c1ccc(Oc2cccc(CNCCc3nc4ccccc4[nH]3)c2)cc1. The smallest absolute Gasteiger partial charge is 0.127 e. The molecule has 0 atom stereocenters. The molecule has 0 saturated heterocycles. The first-order valence-electron chi connectivity index (χ1n) is 8.83. The van der Waals surface area contributed by atoms with E-state index in [1.165, 1.54) is 5.56 Å². The third-order valence-corrected chi connectivity index (χ3v) is 4.18. The van der Waals surface area contributed by atoms with Crippen LogP contribution < -0.4 is 10.1 Å². The van der Waals surface area contributed by atoms with Gasteiger partial charge < -0.3 is 15.0 Å². The Kier molecular flexibility index (Phi) is 4.94. The predicted molar refractivity (Wildman–Crippen MR) is 104 cm³/mol. The summed E-state index contributed by atoms with van der Waals surface area (Å²) in [6, 6.07) is 26.1. The van der Waals surface area contributed by atoms with Crippen molar-refractivity contribution in [1.82, 2.24) is 15.3 Å². The molecule has 1 heterocycles. The lowest BCUT2D eigenvalue weighted by Gasteiger charge is -2.08. The van der Waals surface area contributed by atoms with Crippen LogP contribution >= 0.6 is 0 Å². The minimum atomic E-state index is 0.798. The molecule has 1 aromatic heterocycles. The quantitative estimate of drug-likeness (QED) is 0.479. The van der Waals surface area contributed by atoms with Gasteiger partial charge in [-0.05, 0) is 42.0 Å². The van der Waals surface area contributed by atoms with Gasteiger partial charge in [-0.3, -0.25) is 0 Å². The molecule has 4 rings (SSSR count). The van der Waals surface area contributed by atoms with Crippen molar-refractivity contribution in [2.24, 2.45) is 0 Å². The van der Waals surface area contributed by atoms with E-state index in [1.54, 1.807) is 0 Å². The summed E-state index contributed by atoms with van der Waals surface area (Å²) in [5, 5.41) is 3.47. The van der Waals surface area contributed by atoms with E-state index in [2.05, 4.69) is 33.5 Å². The van der Waals surface area contributed by atoms with Crippen LogP contribution in [0.1, 0.15) is 11.4 Å². The Labute approximate surface area is 152 Å². The Morgan fingerprint density at radius 2 is 1.65 bits per heavy atom. The number of hydrogen-bond donors (Lipinski definition) is 2. The Hall–Kier alpha value is -3.11. The number of aromatic amines is 1. The van der Waals surface area contributed by atoms with E-state index >= 15 is 0 Å². The van der Waals surface area contributed by atoms with Crippen molar-refractivity contribution in [1.29, 1.82) is 0 Å². The van der Waals surface area contributed by atoms with Crippen molar-refractivity contribution >= 4 is 11.0 Å². The van der Waals surface area contributed by atoms with Gasteiger partial charge in [0.15, 0.2) is 0 Å². The molecule has 0 aliphatic rings. The first-order chi connectivity index (χ1) is 12.9. The van der Waals surface area contributed by atoms with E-state index in [1.807, 2.05) is 60.7 Å². The van der Waals surface area contributed by atoms with Crippen LogP contribution in [-0.4, -0.2) is 16.5 Å². The number of ether oxygens (including phenoxy) is 1. The van der Waals surface area contributed by atoms with Crippen molar-refractivity contribution in [2.45, 2.75) is 13.0 Å². The second-order valence-electron chi connectivity index (χ2n) is 6.19. The number of benzene rings is 3. The van der Waals surface area contributed by atoms with Gasteiger partial charge in [-0.15, -0.1) is 0 Å². The number of fused-ring (bicyclic) bond motifs is 1.